The minimum absolute atomic E-state index is 0.181. The van der Waals surface area contributed by atoms with Gasteiger partial charge in [-0.1, -0.05) is 0 Å². The normalized spacial score (nSPS) is 24.1. The molecule has 1 spiro atoms. The molecule has 180 valence electrons. The number of hydrogen-bond acceptors (Lipinski definition) is 5. The number of carbonyl (C=O) groups is 1. The fraction of sp³-hybridized carbons (Fsp3) is 0.545. The second-order valence-electron chi connectivity index (χ2n) is 9.82. The molecule has 0 radical (unpaired) electrons. The number of hydrogen-bond donors (Lipinski definition) is 3. The van der Waals surface area contributed by atoms with Gasteiger partial charge >= 0.3 is 12.2 Å². The van der Waals surface area contributed by atoms with Crippen molar-refractivity contribution in [2.45, 2.75) is 62.4 Å². The second kappa shape index (κ2) is 7.17. The molecule has 3 aromatic heterocycles. The molecule has 2 saturated carbocycles. The molecule has 1 atom stereocenters. The number of likely N-dealkylation sites (tertiary alicyclic amines) is 1. The summed E-state index contributed by atoms with van der Waals surface area (Å²) in [5.41, 5.74) is -1.33. The topological polar surface area (TPSA) is 112 Å². The van der Waals surface area contributed by atoms with E-state index in [-0.39, 0.29) is 6.54 Å². The van der Waals surface area contributed by atoms with E-state index >= 15 is 0 Å². The highest BCUT2D eigenvalue weighted by Gasteiger charge is 2.65. The minimum Gasteiger partial charge on any atom is -0.380 e. The van der Waals surface area contributed by atoms with Crippen molar-refractivity contribution in [1.82, 2.24) is 29.9 Å². The average Bonchev–Trinajstić information content (AvgIpc) is 3.66. The summed E-state index contributed by atoms with van der Waals surface area (Å²) in [7, 11) is 0. The quantitative estimate of drug-likeness (QED) is 0.533. The van der Waals surface area contributed by atoms with Gasteiger partial charge in [-0.15, -0.1) is 0 Å². The Kier molecular flexibility index (Phi) is 4.51. The molecule has 9 nitrogen and oxygen atoms in total. The lowest BCUT2D eigenvalue weighted by atomic mass is 9.84. The van der Waals surface area contributed by atoms with Crippen molar-refractivity contribution >= 4 is 22.6 Å². The monoisotopic (exact) mass is 475 g/mol. The van der Waals surface area contributed by atoms with E-state index in [1.807, 2.05) is 10.7 Å². The first-order valence-corrected chi connectivity index (χ1v) is 11.4. The van der Waals surface area contributed by atoms with E-state index in [9.17, 15) is 23.1 Å². The predicted octanol–water partition coefficient (Wildman–Crippen LogP) is 3.69. The van der Waals surface area contributed by atoms with Crippen molar-refractivity contribution in [2.24, 2.45) is 5.92 Å². The van der Waals surface area contributed by atoms with Gasteiger partial charge in [0.1, 0.15) is 5.69 Å². The Balaban J connectivity index is 1.23. The van der Waals surface area contributed by atoms with Crippen LogP contribution >= 0.6 is 0 Å². The standard InChI is InChI=1S/C22H24F3N7O2/c23-22(24,25)21(34)5-6-31(20(12-21)3-4-20)19(33)29-16-10-27-30-18(16)15-7-17-14(8-26-15)9-28-32(17)11-13-1-2-13/h7-10,13,34H,1-6,11-12H2,(H,27,30)(H,29,33). The smallest absolute Gasteiger partial charge is 0.380 e. The van der Waals surface area contributed by atoms with Crippen LogP contribution in [0.2, 0.25) is 0 Å². The number of aromatic nitrogens is 5. The van der Waals surface area contributed by atoms with Gasteiger partial charge in [-0.05, 0) is 37.7 Å². The van der Waals surface area contributed by atoms with Crippen molar-refractivity contribution in [3.8, 4) is 11.4 Å². The molecule has 0 aromatic carbocycles. The molecule has 1 aliphatic heterocycles. The fourth-order valence-electron chi connectivity index (χ4n) is 4.97. The molecule has 3 fully saturated rings. The van der Waals surface area contributed by atoms with Crippen LogP contribution in [0.15, 0.2) is 24.7 Å². The van der Waals surface area contributed by atoms with E-state index in [0.717, 1.165) is 17.4 Å². The number of urea groups is 1. The third kappa shape index (κ3) is 3.51. The number of rotatable bonds is 4. The average molecular weight is 475 g/mol. The van der Waals surface area contributed by atoms with Crippen LogP contribution in [0.3, 0.4) is 0 Å². The number of piperidine rings is 1. The van der Waals surface area contributed by atoms with Crippen molar-refractivity contribution in [2.75, 3.05) is 11.9 Å². The molecule has 4 heterocycles. The molecule has 1 unspecified atom stereocenters. The van der Waals surface area contributed by atoms with Crippen LogP contribution in [0.1, 0.15) is 38.5 Å². The number of alkyl halides is 3. The summed E-state index contributed by atoms with van der Waals surface area (Å²) >= 11 is 0. The number of nitrogens with one attached hydrogen (secondary N) is 2. The van der Waals surface area contributed by atoms with Crippen molar-refractivity contribution < 1.29 is 23.1 Å². The molecule has 2 aliphatic carbocycles. The van der Waals surface area contributed by atoms with Crippen molar-refractivity contribution in [1.29, 1.82) is 0 Å². The van der Waals surface area contributed by atoms with Crippen LogP contribution in [0.5, 0.6) is 0 Å². The Hall–Kier alpha value is -3.15. The summed E-state index contributed by atoms with van der Waals surface area (Å²) in [5.74, 6) is 0.649. The van der Waals surface area contributed by atoms with Crippen LogP contribution in [-0.4, -0.2) is 64.9 Å². The summed E-state index contributed by atoms with van der Waals surface area (Å²) in [4.78, 5) is 19.0. The number of pyridine rings is 1. The number of nitrogens with zero attached hydrogens (tertiary/aromatic N) is 5. The highest BCUT2D eigenvalue weighted by atomic mass is 19.4. The summed E-state index contributed by atoms with van der Waals surface area (Å²) in [6.07, 6.45) is 2.44. The number of anilines is 1. The van der Waals surface area contributed by atoms with Gasteiger partial charge in [0.2, 0.25) is 0 Å². The van der Waals surface area contributed by atoms with E-state index in [1.54, 1.807) is 12.4 Å². The van der Waals surface area contributed by atoms with E-state index in [2.05, 4.69) is 25.6 Å². The maximum atomic E-state index is 13.4. The van der Waals surface area contributed by atoms with Crippen LogP contribution in [0.25, 0.3) is 22.3 Å². The number of halogens is 3. The molecular weight excluding hydrogens is 451 g/mol. The third-order valence-electron chi connectivity index (χ3n) is 7.33. The Morgan fingerprint density at radius 3 is 2.74 bits per heavy atom. The molecule has 6 rings (SSSR count). The molecular formula is C22H24F3N7O2. The molecule has 3 aromatic rings. The van der Waals surface area contributed by atoms with Crippen LogP contribution < -0.4 is 5.32 Å². The molecule has 2 amide bonds. The van der Waals surface area contributed by atoms with E-state index in [4.69, 9.17) is 0 Å². The lowest BCUT2D eigenvalue weighted by Crippen LogP contribution is -2.60. The number of amides is 2. The molecule has 3 aliphatic rings. The number of fused-ring (bicyclic) bond motifs is 1. The number of H-pyrrole nitrogens is 1. The zero-order chi connectivity index (χ0) is 23.7. The van der Waals surface area contributed by atoms with Gasteiger partial charge in [0.15, 0.2) is 5.60 Å². The Morgan fingerprint density at radius 1 is 1.24 bits per heavy atom. The molecule has 12 heteroatoms. The van der Waals surface area contributed by atoms with Gasteiger partial charge in [0.25, 0.3) is 0 Å². The maximum Gasteiger partial charge on any atom is 0.417 e. The number of carbonyl (C=O) groups excluding carboxylic acids is 1. The number of aliphatic hydroxyl groups is 1. The summed E-state index contributed by atoms with van der Waals surface area (Å²) < 4.78 is 42.1. The van der Waals surface area contributed by atoms with Gasteiger partial charge in [0, 0.05) is 43.1 Å². The van der Waals surface area contributed by atoms with E-state index in [1.165, 1.54) is 23.9 Å². The first-order chi connectivity index (χ1) is 16.2. The van der Waals surface area contributed by atoms with Crippen LogP contribution in [0, 0.1) is 5.92 Å². The Labute approximate surface area is 192 Å². The third-order valence-corrected chi connectivity index (χ3v) is 7.33. The van der Waals surface area contributed by atoms with E-state index in [0.29, 0.717) is 35.8 Å². The SMILES string of the molecule is O=C(Nc1cn[nH]c1-c1cc2c(cn1)cnn2CC1CC1)N1CCC(O)(C(F)(F)F)CC12CC2. The minimum atomic E-state index is -4.72. The van der Waals surface area contributed by atoms with Crippen LogP contribution in [0.4, 0.5) is 23.7 Å². The first-order valence-electron chi connectivity index (χ1n) is 11.4. The zero-order valence-electron chi connectivity index (χ0n) is 18.3. The molecule has 1 saturated heterocycles. The molecule has 0 bridgehead atoms. The fourth-order valence-corrected chi connectivity index (χ4v) is 4.97. The van der Waals surface area contributed by atoms with Crippen LogP contribution in [-0.2, 0) is 6.54 Å². The van der Waals surface area contributed by atoms with E-state index < -0.39 is 36.2 Å². The van der Waals surface area contributed by atoms with Crippen molar-refractivity contribution in [3.05, 3.63) is 24.7 Å². The second-order valence-corrected chi connectivity index (χ2v) is 9.82. The number of aromatic amines is 1. The van der Waals surface area contributed by atoms with Crippen molar-refractivity contribution in [3.63, 3.8) is 0 Å². The molecule has 3 N–H and O–H groups in total. The van der Waals surface area contributed by atoms with Gasteiger partial charge in [-0.2, -0.15) is 23.4 Å². The Bertz CT molecular complexity index is 1260. The summed E-state index contributed by atoms with van der Waals surface area (Å²) in [6.45, 7) is 0.667. The maximum absolute atomic E-state index is 13.4. The lowest BCUT2D eigenvalue weighted by molar-refractivity contribution is -0.277. The zero-order valence-corrected chi connectivity index (χ0v) is 18.3. The van der Waals surface area contributed by atoms with Gasteiger partial charge in [-0.25, -0.2) is 4.79 Å². The summed E-state index contributed by atoms with van der Waals surface area (Å²) in [6, 6.07) is 1.38. The van der Waals surface area contributed by atoms with Gasteiger partial charge in [0.05, 0.1) is 29.3 Å². The lowest BCUT2D eigenvalue weighted by Gasteiger charge is -2.45. The predicted molar refractivity (Wildman–Crippen MR) is 116 cm³/mol. The first kappa shape index (κ1) is 21.4. The largest absolute Gasteiger partial charge is 0.417 e. The Morgan fingerprint density at radius 2 is 2.03 bits per heavy atom. The summed E-state index contributed by atoms with van der Waals surface area (Å²) in [5, 5.41) is 25.2. The molecule has 34 heavy (non-hydrogen) atoms. The van der Waals surface area contributed by atoms with Gasteiger partial charge in [-0.3, -0.25) is 14.8 Å². The van der Waals surface area contributed by atoms with Gasteiger partial charge < -0.3 is 15.3 Å². The highest BCUT2D eigenvalue weighted by Crippen LogP contribution is 2.55. The highest BCUT2D eigenvalue weighted by molar-refractivity contribution is 5.94.